The van der Waals surface area contributed by atoms with Gasteiger partial charge in [-0.3, -0.25) is 4.79 Å². The molecule has 0 spiro atoms. The summed E-state index contributed by atoms with van der Waals surface area (Å²) in [6, 6.07) is 27.5. The number of aromatic amines is 1. The number of hydrogen-bond donors (Lipinski definition) is 2. The molecule has 0 saturated carbocycles. The van der Waals surface area contributed by atoms with Crippen molar-refractivity contribution in [2.45, 2.75) is 20.4 Å². The molecule has 190 valence electrons. The third-order valence-electron chi connectivity index (χ3n) is 5.55. The van der Waals surface area contributed by atoms with E-state index in [1.165, 1.54) is 0 Å². The highest BCUT2D eigenvalue weighted by atomic mass is 35.5. The van der Waals surface area contributed by atoms with Crippen molar-refractivity contribution in [2.24, 2.45) is 5.73 Å². The minimum Gasteiger partial charge on any atom is -0.328 e. The van der Waals surface area contributed by atoms with Gasteiger partial charge in [0.15, 0.2) is 0 Å². The Morgan fingerprint density at radius 2 is 1.49 bits per heavy atom. The summed E-state index contributed by atoms with van der Waals surface area (Å²) in [6.45, 7) is 2.73. The van der Waals surface area contributed by atoms with E-state index >= 15 is 0 Å². The average Bonchev–Trinajstić information content (AvgIpc) is 2.95. The third kappa shape index (κ3) is 6.47. The summed E-state index contributed by atoms with van der Waals surface area (Å²) >= 11 is 6.24. The summed E-state index contributed by atoms with van der Waals surface area (Å²) in [5.74, 6) is 0. The minimum absolute atomic E-state index is 0.180. The van der Waals surface area contributed by atoms with Gasteiger partial charge in [0, 0.05) is 34.5 Å². The fourth-order valence-electron chi connectivity index (χ4n) is 3.91. The van der Waals surface area contributed by atoms with Crippen molar-refractivity contribution in [3.8, 4) is 33.5 Å². The van der Waals surface area contributed by atoms with Gasteiger partial charge in [0.05, 0.1) is 16.6 Å². The number of rotatable bonds is 4. The van der Waals surface area contributed by atoms with Crippen molar-refractivity contribution in [1.29, 1.82) is 0 Å². The zero-order valence-electron chi connectivity index (χ0n) is 20.6. The molecule has 0 aliphatic rings. The van der Waals surface area contributed by atoms with Crippen LogP contribution in [0.25, 0.3) is 44.4 Å². The first kappa shape index (κ1) is 27.7. The maximum atomic E-state index is 12.8. The molecule has 3 aromatic carbocycles. The number of pyridine rings is 2. The Morgan fingerprint density at radius 3 is 2.11 bits per heavy atom. The Hall–Kier alpha value is -3.87. The van der Waals surface area contributed by atoms with E-state index in [0.29, 0.717) is 22.5 Å². The molecule has 5 rings (SSSR count). The molecule has 3 N–H and O–H groups in total. The summed E-state index contributed by atoms with van der Waals surface area (Å²) in [4.78, 5) is 20.7. The lowest BCUT2D eigenvalue weighted by molar-refractivity contribution is 0.295. The highest BCUT2D eigenvalue weighted by Gasteiger charge is 2.16. The Kier molecular flexibility index (Phi) is 10.1. The molecule has 0 radical (unpaired) electrons. The van der Waals surface area contributed by atoms with Crippen molar-refractivity contribution < 1.29 is 8.78 Å². The zero-order valence-corrected chi connectivity index (χ0v) is 21.4. The molecule has 0 amide bonds. The first-order chi connectivity index (χ1) is 18.0. The van der Waals surface area contributed by atoms with Crippen LogP contribution >= 0.6 is 11.6 Å². The Labute approximate surface area is 219 Å². The lowest BCUT2D eigenvalue weighted by Gasteiger charge is -2.14. The SMILES string of the molecule is CC.FCF.NCc1ccc(-c2nc3c(-c4cccc(Cl)c4)c[nH]c(=O)c3cc2-c2ccccc2)cc1. The van der Waals surface area contributed by atoms with Crippen molar-refractivity contribution in [2.75, 3.05) is 6.93 Å². The second kappa shape index (κ2) is 13.4. The normalized spacial score (nSPS) is 10.2. The molecule has 0 aliphatic carbocycles. The van der Waals surface area contributed by atoms with Gasteiger partial charge in [-0.05, 0) is 34.9 Å². The number of fused-ring (bicyclic) bond motifs is 1. The molecule has 0 bridgehead atoms. The average molecular weight is 520 g/mol. The number of nitrogens with one attached hydrogen (secondary N) is 1. The van der Waals surface area contributed by atoms with E-state index in [1.807, 2.05) is 98.8 Å². The van der Waals surface area contributed by atoms with Crippen LogP contribution in [0.15, 0.2) is 95.9 Å². The molecular weight excluding hydrogens is 492 g/mol. The van der Waals surface area contributed by atoms with Crippen LogP contribution in [-0.2, 0) is 6.54 Å². The van der Waals surface area contributed by atoms with Gasteiger partial charge in [0.1, 0.15) is 0 Å². The van der Waals surface area contributed by atoms with E-state index in [0.717, 1.165) is 39.1 Å². The number of hydrogen-bond acceptors (Lipinski definition) is 3. The smallest absolute Gasteiger partial charge is 0.257 e. The van der Waals surface area contributed by atoms with Gasteiger partial charge < -0.3 is 10.7 Å². The summed E-state index contributed by atoms with van der Waals surface area (Å²) in [5, 5.41) is 1.16. The van der Waals surface area contributed by atoms with E-state index in [-0.39, 0.29) is 5.56 Å². The number of nitrogens with two attached hydrogens (primary N) is 1. The lowest BCUT2D eigenvalue weighted by atomic mass is 9.95. The van der Waals surface area contributed by atoms with Crippen molar-refractivity contribution in [3.63, 3.8) is 0 Å². The van der Waals surface area contributed by atoms with E-state index in [4.69, 9.17) is 22.3 Å². The molecule has 0 fully saturated rings. The van der Waals surface area contributed by atoms with E-state index in [1.54, 1.807) is 6.20 Å². The van der Waals surface area contributed by atoms with Crippen LogP contribution in [0.4, 0.5) is 8.78 Å². The number of H-pyrrole nitrogens is 1. The number of halogens is 3. The Bertz CT molecular complexity index is 1500. The quantitative estimate of drug-likeness (QED) is 0.253. The zero-order chi connectivity index (χ0) is 26.8. The van der Waals surface area contributed by atoms with Crippen LogP contribution in [0.3, 0.4) is 0 Å². The monoisotopic (exact) mass is 519 g/mol. The predicted molar refractivity (Wildman–Crippen MR) is 150 cm³/mol. The van der Waals surface area contributed by atoms with Crippen molar-refractivity contribution in [1.82, 2.24) is 9.97 Å². The predicted octanol–water partition coefficient (Wildman–Crippen LogP) is 7.95. The molecule has 0 saturated heterocycles. The van der Waals surface area contributed by atoms with Gasteiger partial charge in [-0.25, -0.2) is 13.8 Å². The van der Waals surface area contributed by atoms with Gasteiger partial charge in [0.2, 0.25) is 6.93 Å². The summed E-state index contributed by atoms with van der Waals surface area (Å²) in [5.41, 5.74) is 12.6. The maximum absolute atomic E-state index is 12.8. The second-order valence-corrected chi connectivity index (χ2v) is 8.13. The minimum atomic E-state index is -1.75. The molecule has 4 nitrogen and oxygen atoms in total. The molecule has 0 aliphatic heterocycles. The highest BCUT2D eigenvalue weighted by molar-refractivity contribution is 6.30. The van der Waals surface area contributed by atoms with Gasteiger partial charge in [0.25, 0.3) is 5.56 Å². The first-order valence-corrected chi connectivity index (χ1v) is 12.2. The van der Waals surface area contributed by atoms with E-state index in [2.05, 4.69) is 4.98 Å². The molecule has 7 heteroatoms. The number of aromatic nitrogens is 2. The second-order valence-electron chi connectivity index (χ2n) is 7.69. The van der Waals surface area contributed by atoms with Crippen LogP contribution in [0.1, 0.15) is 19.4 Å². The molecule has 2 heterocycles. The Balaban J connectivity index is 0.000000711. The van der Waals surface area contributed by atoms with Crippen LogP contribution < -0.4 is 11.3 Å². The first-order valence-electron chi connectivity index (χ1n) is 11.8. The summed E-state index contributed by atoms with van der Waals surface area (Å²) in [6.07, 6.45) is 1.70. The van der Waals surface area contributed by atoms with Crippen LogP contribution in [-0.4, -0.2) is 16.9 Å². The van der Waals surface area contributed by atoms with Gasteiger partial charge >= 0.3 is 0 Å². The van der Waals surface area contributed by atoms with Gasteiger partial charge in [-0.1, -0.05) is 92.2 Å². The fraction of sp³-hybridized carbons (Fsp3) is 0.133. The fourth-order valence-corrected chi connectivity index (χ4v) is 4.10. The van der Waals surface area contributed by atoms with Crippen LogP contribution in [0.2, 0.25) is 5.02 Å². The number of nitrogens with zero attached hydrogens (tertiary/aromatic N) is 1. The number of alkyl halides is 2. The summed E-state index contributed by atoms with van der Waals surface area (Å²) < 4.78 is 19.2. The van der Waals surface area contributed by atoms with Crippen molar-refractivity contribution in [3.05, 3.63) is 112 Å². The molecule has 5 aromatic rings. The van der Waals surface area contributed by atoms with Crippen molar-refractivity contribution >= 4 is 22.5 Å². The molecule has 2 aromatic heterocycles. The van der Waals surface area contributed by atoms with E-state index in [9.17, 15) is 13.6 Å². The maximum Gasteiger partial charge on any atom is 0.257 e. The summed E-state index contributed by atoms with van der Waals surface area (Å²) in [7, 11) is 0. The standard InChI is InChI=1S/C27H20ClN3O.C2H6.CH2F2/c28-21-8-4-7-20(13-21)24-16-30-27(32)23-14-22(18-5-2-1-3-6-18)25(31-26(23)24)19-11-9-17(15-29)10-12-19;1-2;2-1-3/h1-14,16H,15,29H2,(H,30,32);1-2H3;1H2. The lowest BCUT2D eigenvalue weighted by Crippen LogP contribution is -2.08. The Morgan fingerprint density at radius 1 is 0.838 bits per heavy atom. The number of benzene rings is 3. The molecule has 0 unspecified atom stereocenters. The van der Waals surface area contributed by atoms with Gasteiger partial charge in [-0.2, -0.15) is 0 Å². The largest absolute Gasteiger partial charge is 0.328 e. The van der Waals surface area contributed by atoms with E-state index < -0.39 is 6.93 Å². The molecular formula is C30H28ClF2N3O. The van der Waals surface area contributed by atoms with Crippen LogP contribution in [0, 0.1) is 0 Å². The topological polar surface area (TPSA) is 71.8 Å². The van der Waals surface area contributed by atoms with Gasteiger partial charge in [-0.15, -0.1) is 0 Å². The molecule has 0 atom stereocenters. The highest BCUT2D eigenvalue weighted by Crippen LogP contribution is 2.35. The van der Waals surface area contributed by atoms with Crippen LogP contribution in [0.5, 0.6) is 0 Å². The molecule has 37 heavy (non-hydrogen) atoms. The third-order valence-corrected chi connectivity index (χ3v) is 5.79.